The fourth-order valence-corrected chi connectivity index (χ4v) is 10.5. The highest BCUT2D eigenvalue weighted by Crippen LogP contribution is 2.48. The van der Waals surface area contributed by atoms with Crippen LogP contribution in [0.3, 0.4) is 0 Å². The van der Waals surface area contributed by atoms with E-state index in [4.69, 9.17) is 61.1 Å². The van der Waals surface area contributed by atoms with Gasteiger partial charge in [-0.1, -0.05) is 75.2 Å². The van der Waals surface area contributed by atoms with Crippen molar-refractivity contribution in [1.29, 1.82) is 0 Å². The lowest BCUT2D eigenvalue weighted by Gasteiger charge is -2.35. The van der Waals surface area contributed by atoms with Crippen LogP contribution < -0.4 is 28.7 Å². The molecule has 1 N–H and O–H groups in total. The minimum atomic E-state index is -1.44. The summed E-state index contributed by atoms with van der Waals surface area (Å²) in [6.07, 6.45) is -4.69. The second kappa shape index (κ2) is 24.8. The number of likely N-dealkylation sites (tertiary alicyclic amines) is 1. The van der Waals surface area contributed by atoms with Gasteiger partial charge in [0.05, 0.1) is 54.5 Å². The van der Waals surface area contributed by atoms with Crippen LogP contribution in [-0.4, -0.2) is 126 Å². The number of carboxylic acids is 1. The normalized spacial score (nSPS) is 19.1. The number of esters is 2. The number of nitrogens with zero attached hydrogens (tertiary/aromatic N) is 3. The topological polar surface area (TPSA) is 206 Å². The van der Waals surface area contributed by atoms with Crippen molar-refractivity contribution in [3.8, 4) is 23.0 Å². The fraction of sp³-hybridized carbons (Fsp3) is 0.474. The maximum Gasteiger partial charge on any atom is 0.308 e. The quantitative estimate of drug-likeness (QED) is 0.0820. The highest BCUT2D eigenvalue weighted by molar-refractivity contribution is 6.31. The number of hydrogen-bond acceptors (Lipinski definition) is 14. The number of piperidine rings is 1. The van der Waals surface area contributed by atoms with Crippen LogP contribution in [0.1, 0.15) is 101 Å². The molecule has 3 amide bonds. The number of para-hydroxylation sites is 2. The summed E-state index contributed by atoms with van der Waals surface area (Å²) in [7, 11) is 5.97. The van der Waals surface area contributed by atoms with Crippen LogP contribution in [0, 0.1) is 16.7 Å². The van der Waals surface area contributed by atoms with Crippen LogP contribution in [0.4, 0.5) is 11.4 Å². The molecule has 4 aromatic rings. The number of carbonyl (C=O) groups is 6. The van der Waals surface area contributed by atoms with Gasteiger partial charge in [-0.3, -0.25) is 28.8 Å². The van der Waals surface area contributed by atoms with Gasteiger partial charge in [0.25, 0.3) is 11.8 Å². The number of carboxylic acid groups (broad SMARTS) is 1. The van der Waals surface area contributed by atoms with E-state index in [1.807, 2.05) is 27.7 Å². The first kappa shape index (κ1) is 58.1. The van der Waals surface area contributed by atoms with E-state index in [-0.39, 0.29) is 51.0 Å². The molecule has 0 unspecified atom stereocenters. The lowest BCUT2D eigenvalue weighted by molar-refractivity contribution is -0.154. The third kappa shape index (κ3) is 13.8. The zero-order valence-corrected chi connectivity index (χ0v) is 46.4. The molecule has 0 saturated carbocycles. The molecule has 3 aliphatic heterocycles. The number of ether oxygens (including phenoxy) is 8. The molecule has 3 heterocycles. The number of hydrogen-bond donors (Lipinski definition) is 1. The molecule has 1 fully saturated rings. The Labute approximate surface area is 458 Å². The van der Waals surface area contributed by atoms with Crippen LogP contribution in [0.25, 0.3) is 0 Å². The first-order chi connectivity index (χ1) is 36.6. The van der Waals surface area contributed by atoms with Gasteiger partial charge >= 0.3 is 17.9 Å². The van der Waals surface area contributed by atoms with Crippen molar-refractivity contribution >= 4 is 70.2 Å². The Morgan fingerprint density at radius 2 is 1.08 bits per heavy atom. The molecule has 0 aromatic heterocycles. The zero-order valence-electron chi connectivity index (χ0n) is 44.9. The molecule has 0 bridgehead atoms. The van der Waals surface area contributed by atoms with E-state index in [1.54, 1.807) is 77.7 Å². The molecule has 0 spiro atoms. The number of methoxy groups -OCH3 is 4. The third-order valence-corrected chi connectivity index (χ3v) is 14.3. The molecule has 1 saturated heterocycles. The molecule has 7 rings (SSSR count). The van der Waals surface area contributed by atoms with Crippen LogP contribution in [0.15, 0.2) is 72.8 Å². The van der Waals surface area contributed by atoms with Crippen molar-refractivity contribution in [2.75, 3.05) is 77.6 Å². The van der Waals surface area contributed by atoms with Crippen molar-refractivity contribution in [1.82, 2.24) is 4.90 Å². The van der Waals surface area contributed by atoms with E-state index in [9.17, 15) is 24.3 Å². The zero-order chi connectivity index (χ0) is 55.9. The maximum absolute atomic E-state index is 15.2. The van der Waals surface area contributed by atoms with Gasteiger partial charge in [0.15, 0.2) is 23.0 Å². The average molecular weight is 1110 g/mol. The molecular formula is C57H67Cl2N3O15. The van der Waals surface area contributed by atoms with E-state index >= 15 is 9.59 Å². The van der Waals surface area contributed by atoms with Gasteiger partial charge in [-0.25, -0.2) is 0 Å². The van der Waals surface area contributed by atoms with Crippen molar-refractivity contribution in [2.24, 2.45) is 16.7 Å². The van der Waals surface area contributed by atoms with Crippen molar-refractivity contribution in [3.63, 3.8) is 0 Å². The summed E-state index contributed by atoms with van der Waals surface area (Å²) in [5.74, 6) is -2.21. The van der Waals surface area contributed by atoms with Gasteiger partial charge in [0.1, 0.15) is 24.4 Å². The number of benzene rings is 4. The molecule has 4 aromatic carbocycles. The number of fused-ring (bicyclic) bond motifs is 2. The molecular weight excluding hydrogens is 1040 g/mol. The summed E-state index contributed by atoms with van der Waals surface area (Å²) in [4.78, 5) is 86.8. The lowest BCUT2D eigenvalue weighted by atomic mass is 9.92. The van der Waals surface area contributed by atoms with Crippen LogP contribution in [0.2, 0.25) is 10.0 Å². The number of rotatable bonds is 20. The van der Waals surface area contributed by atoms with Gasteiger partial charge in [-0.2, -0.15) is 0 Å². The van der Waals surface area contributed by atoms with Crippen LogP contribution >= 0.6 is 23.2 Å². The third-order valence-electron chi connectivity index (χ3n) is 13.8. The molecule has 77 heavy (non-hydrogen) atoms. The first-order valence-electron chi connectivity index (χ1n) is 25.3. The summed E-state index contributed by atoms with van der Waals surface area (Å²) >= 11 is 13.4. The SMILES string of the molecule is COc1cccc([C@H]2O[C@H](CC(=O)OCC(C)(C)CN3C(=O)[C@@H](CC(=O)N4CCC(CC(=O)O)CC4)O[C@H](c4cccc(OC)c4OC)c4cc(Cl)ccc43)C(=O)N(CC(C)(C)COC(C)=O)c3ccc(Cl)cc32)c1OC. The highest BCUT2D eigenvalue weighted by atomic mass is 35.5. The van der Waals surface area contributed by atoms with E-state index < -0.39 is 71.4 Å². The summed E-state index contributed by atoms with van der Waals surface area (Å²) < 4.78 is 48.0. The van der Waals surface area contributed by atoms with Crippen molar-refractivity contribution in [2.45, 2.75) is 91.1 Å². The van der Waals surface area contributed by atoms with E-state index in [2.05, 4.69) is 0 Å². The predicted molar refractivity (Wildman–Crippen MR) is 286 cm³/mol. The fourth-order valence-electron chi connectivity index (χ4n) is 10.1. The van der Waals surface area contributed by atoms with E-state index in [0.717, 1.165) is 0 Å². The van der Waals surface area contributed by atoms with Gasteiger partial charge < -0.3 is 57.7 Å². The van der Waals surface area contributed by atoms with Gasteiger partial charge in [-0.15, -0.1) is 0 Å². The molecule has 20 heteroatoms. The summed E-state index contributed by atoms with van der Waals surface area (Å²) in [5, 5.41) is 10.1. The summed E-state index contributed by atoms with van der Waals surface area (Å²) in [6.45, 7) is 8.99. The Hall–Kier alpha value is -6.60. The van der Waals surface area contributed by atoms with Crippen LogP contribution in [-0.2, 0) is 47.7 Å². The summed E-state index contributed by atoms with van der Waals surface area (Å²) in [6, 6.07) is 20.6. The number of halogens is 2. The Balaban J connectivity index is 1.19. The molecule has 18 nitrogen and oxygen atoms in total. The standard InChI is InChI=1S/C57H67Cl2N3O15/c1-33(63)74-31-56(2,3)29-62-42-19-17-36(59)26-40(42)51(38-13-11-15-44(71-7)53(38)73-9)77-46(55(62)69)28-49(67)75-32-57(4,5)30-61-41-18-16-35(58)25-39(41)50(37-12-10-14-43(70-6)52(37)72-8)76-45(54(61)68)27-47(64)60-22-20-34(21-23-60)24-48(65)66/h10-19,25-26,34,45-46,50-51H,20-24,27-32H2,1-9H3,(H,65,66)/t45-,46-,50-,51-/m1/s1. The smallest absolute Gasteiger partial charge is 0.308 e. The second-order valence-corrected chi connectivity index (χ2v) is 21.9. The first-order valence-corrected chi connectivity index (χ1v) is 26.1. The van der Waals surface area contributed by atoms with Crippen molar-refractivity contribution < 1.29 is 71.8 Å². The molecule has 0 aliphatic carbocycles. The minimum absolute atomic E-state index is 0.00582. The largest absolute Gasteiger partial charge is 0.493 e. The number of carbonyl (C=O) groups excluding carboxylic acids is 5. The number of amides is 3. The highest BCUT2D eigenvalue weighted by Gasteiger charge is 2.44. The van der Waals surface area contributed by atoms with Gasteiger partial charge in [0, 0.05) is 94.0 Å². The van der Waals surface area contributed by atoms with E-state index in [0.29, 0.717) is 92.6 Å². The average Bonchev–Trinajstić information content (AvgIpc) is 3.58. The molecule has 3 aliphatic rings. The Bertz CT molecular complexity index is 2850. The molecule has 414 valence electrons. The summed E-state index contributed by atoms with van der Waals surface area (Å²) in [5.41, 5.74) is 1.07. The Kier molecular flexibility index (Phi) is 18.7. The van der Waals surface area contributed by atoms with Gasteiger partial charge in [-0.05, 0) is 67.3 Å². The lowest BCUT2D eigenvalue weighted by Crippen LogP contribution is -2.48. The van der Waals surface area contributed by atoms with Crippen LogP contribution in [0.5, 0.6) is 23.0 Å². The maximum atomic E-state index is 15.2. The van der Waals surface area contributed by atoms with Gasteiger partial charge in [0.2, 0.25) is 5.91 Å². The second-order valence-electron chi connectivity index (χ2n) is 21.0. The van der Waals surface area contributed by atoms with Crippen molar-refractivity contribution in [3.05, 3.63) is 105 Å². The number of aliphatic carboxylic acids is 1. The minimum Gasteiger partial charge on any atom is -0.493 e. The Morgan fingerprint density at radius 3 is 1.51 bits per heavy atom. The predicted octanol–water partition coefficient (Wildman–Crippen LogP) is 9.02. The Morgan fingerprint density at radius 1 is 0.623 bits per heavy atom. The number of anilines is 2. The molecule has 0 radical (unpaired) electrons. The molecule has 4 atom stereocenters. The van der Waals surface area contributed by atoms with E-state index in [1.165, 1.54) is 45.2 Å². The monoisotopic (exact) mass is 1100 g/mol.